The lowest BCUT2D eigenvalue weighted by molar-refractivity contribution is 0.796. The van der Waals surface area contributed by atoms with Gasteiger partial charge in [-0.25, -0.2) is 4.98 Å². The second kappa shape index (κ2) is 4.95. The van der Waals surface area contributed by atoms with Gasteiger partial charge in [0, 0.05) is 24.5 Å². The van der Waals surface area contributed by atoms with Gasteiger partial charge in [0.25, 0.3) is 0 Å². The fraction of sp³-hybridized carbons (Fsp3) is 0.133. The summed E-state index contributed by atoms with van der Waals surface area (Å²) < 4.78 is 2.08. The lowest BCUT2D eigenvalue weighted by atomic mass is 10.2. The molecule has 0 amide bonds. The summed E-state index contributed by atoms with van der Waals surface area (Å²) in [6.07, 6.45) is 3.30. The summed E-state index contributed by atoms with van der Waals surface area (Å²) in [6.45, 7) is 2.83. The minimum absolute atomic E-state index is 0.568. The van der Waals surface area contributed by atoms with Crippen molar-refractivity contribution in [2.45, 2.75) is 13.5 Å². The molecule has 0 aliphatic rings. The molecule has 0 radical (unpaired) electrons. The second-order valence-electron chi connectivity index (χ2n) is 4.35. The van der Waals surface area contributed by atoms with Crippen LogP contribution in [0.25, 0.3) is 22.4 Å². The van der Waals surface area contributed by atoms with Crippen LogP contribution in [0.4, 0.5) is 0 Å². The minimum atomic E-state index is 0.568. The molecule has 5 heteroatoms. The topological polar surface area (TPSA) is 54.5 Å². The molecular formula is C15H11ClN4. The Bertz CT molecular complexity index is 829. The molecule has 4 nitrogen and oxygen atoms in total. The quantitative estimate of drug-likeness (QED) is 0.721. The second-order valence-corrected chi connectivity index (χ2v) is 4.76. The van der Waals surface area contributed by atoms with Crippen molar-refractivity contribution in [2.24, 2.45) is 0 Å². The molecule has 0 spiro atoms. The number of hydrogen-bond donors (Lipinski definition) is 0. The van der Waals surface area contributed by atoms with E-state index < -0.39 is 0 Å². The molecule has 0 N–H and O–H groups in total. The van der Waals surface area contributed by atoms with Crippen molar-refractivity contribution in [2.75, 3.05) is 0 Å². The molecule has 0 atom stereocenters. The lowest BCUT2D eigenvalue weighted by Crippen LogP contribution is -1.98. The molecular weight excluding hydrogens is 272 g/mol. The Balaban J connectivity index is 2.31. The average Bonchev–Trinajstić information content (AvgIpc) is 2.84. The molecule has 0 aliphatic heterocycles. The maximum absolute atomic E-state index is 8.98. The standard InChI is InChI=1S/C15H11ClN4/c1-2-20-14-4-3-10(8-17)7-13(14)19-15(20)11-5-6-18-9-12(11)16/h3-7,9H,2H2,1H3. The molecule has 3 aromatic rings. The lowest BCUT2D eigenvalue weighted by Gasteiger charge is -2.07. The molecule has 20 heavy (non-hydrogen) atoms. The number of nitriles is 1. The van der Waals surface area contributed by atoms with Crippen LogP contribution in [0.5, 0.6) is 0 Å². The molecule has 0 fully saturated rings. The van der Waals surface area contributed by atoms with Gasteiger partial charge in [0.15, 0.2) is 0 Å². The number of imidazole rings is 1. The fourth-order valence-electron chi connectivity index (χ4n) is 2.28. The Labute approximate surface area is 121 Å². The number of aromatic nitrogens is 3. The van der Waals surface area contributed by atoms with Gasteiger partial charge >= 0.3 is 0 Å². The number of halogens is 1. The molecule has 0 aliphatic carbocycles. The first kappa shape index (κ1) is 12.6. The van der Waals surface area contributed by atoms with Crippen molar-refractivity contribution in [3.05, 3.63) is 47.2 Å². The third-order valence-electron chi connectivity index (χ3n) is 3.21. The smallest absolute Gasteiger partial charge is 0.142 e. The van der Waals surface area contributed by atoms with Crippen molar-refractivity contribution in [1.82, 2.24) is 14.5 Å². The van der Waals surface area contributed by atoms with Crippen LogP contribution < -0.4 is 0 Å². The van der Waals surface area contributed by atoms with E-state index in [1.54, 1.807) is 24.5 Å². The van der Waals surface area contributed by atoms with Gasteiger partial charge in [-0.05, 0) is 31.2 Å². The van der Waals surface area contributed by atoms with Crippen LogP contribution in [-0.4, -0.2) is 14.5 Å². The summed E-state index contributed by atoms with van der Waals surface area (Å²) in [5, 5.41) is 9.55. The van der Waals surface area contributed by atoms with E-state index in [0.717, 1.165) is 29.0 Å². The first-order valence-electron chi connectivity index (χ1n) is 6.25. The van der Waals surface area contributed by atoms with Gasteiger partial charge in [-0.15, -0.1) is 0 Å². The van der Waals surface area contributed by atoms with Gasteiger partial charge in [-0.3, -0.25) is 4.98 Å². The number of hydrogen-bond acceptors (Lipinski definition) is 3. The third kappa shape index (κ3) is 1.93. The summed E-state index contributed by atoms with van der Waals surface area (Å²) in [7, 11) is 0. The predicted octanol–water partition coefficient (Wildman–Crippen LogP) is 3.64. The zero-order valence-corrected chi connectivity index (χ0v) is 11.6. The summed E-state index contributed by atoms with van der Waals surface area (Å²) in [5.74, 6) is 0.796. The van der Waals surface area contributed by atoms with Crippen LogP contribution in [0.1, 0.15) is 12.5 Å². The molecule has 2 heterocycles. The molecule has 0 bridgehead atoms. The third-order valence-corrected chi connectivity index (χ3v) is 3.51. The highest BCUT2D eigenvalue weighted by Gasteiger charge is 2.14. The van der Waals surface area contributed by atoms with E-state index in [1.165, 1.54) is 0 Å². The molecule has 1 aromatic carbocycles. The van der Waals surface area contributed by atoms with Crippen LogP contribution >= 0.6 is 11.6 Å². The van der Waals surface area contributed by atoms with Crippen molar-refractivity contribution in [3.8, 4) is 17.5 Å². The molecule has 2 aromatic heterocycles. The van der Waals surface area contributed by atoms with Crippen molar-refractivity contribution >= 4 is 22.6 Å². The zero-order valence-electron chi connectivity index (χ0n) is 10.8. The number of rotatable bonds is 2. The normalized spacial score (nSPS) is 10.7. The van der Waals surface area contributed by atoms with Crippen LogP contribution in [0, 0.1) is 11.3 Å². The van der Waals surface area contributed by atoms with E-state index >= 15 is 0 Å². The van der Waals surface area contributed by atoms with Gasteiger partial charge in [-0.1, -0.05) is 11.6 Å². The zero-order chi connectivity index (χ0) is 14.1. The van der Waals surface area contributed by atoms with Gasteiger partial charge in [0.1, 0.15) is 5.82 Å². The van der Waals surface area contributed by atoms with Gasteiger partial charge in [0.2, 0.25) is 0 Å². The highest BCUT2D eigenvalue weighted by atomic mass is 35.5. The first-order valence-corrected chi connectivity index (χ1v) is 6.62. The van der Waals surface area contributed by atoms with Crippen molar-refractivity contribution < 1.29 is 0 Å². The number of aryl methyl sites for hydroxylation is 1. The molecule has 98 valence electrons. The predicted molar refractivity (Wildman–Crippen MR) is 78.4 cm³/mol. The van der Waals surface area contributed by atoms with E-state index in [-0.39, 0.29) is 0 Å². The van der Waals surface area contributed by atoms with E-state index in [2.05, 4.69) is 27.5 Å². The van der Waals surface area contributed by atoms with E-state index in [1.807, 2.05) is 12.1 Å². The Morgan fingerprint density at radius 1 is 1.35 bits per heavy atom. The van der Waals surface area contributed by atoms with E-state index in [0.29, 0.717) is 10.6 Å². The fourth-order valence-corrected chi connectivity index (χ4v) is 2.49. The van der Waals surface area contributed by atoms with Crippen LogP contribution in [0.15, 0.2) is 36.7 Å². The van der Waals surface area contributed by atoms with Crippen LogP contribution in [0.3, 0.4) is 0 Å². The van der Waals surface area contributed by atoms with E-state index in [9.17, 15) is 0 Å². The van der Waals surface area contributed by atoms with Crippen molar-refractivity contribution in [3.63, 3.8) is 0 Å². The van der Waals surface area contributed by atoms with Gasteiger partial charge in [-0.2, -0.15) is 5.26 Å². The Morgan fingerprint density at radius 2 is 2.20 bits per heavy atom. The summed E-state index contributed by atoms with van der Waals surface area (Å²) in [4.78, 5) is 8.62. The molecule has 3 rings (SSSR count). The number of fused-ring (bicyclic) bond motifs is 1. The van der Waals surface area contributed by atoms with Crippen molar-refractivity contribution in [1.29, 1.82) is 5.26 Å². The first-order chi connectivity index (χ1) is 9.74. The summed E-state index contributed by atoms with van der Waals surface area (Å²) in [5.41, 5.74) is 3.24. The maximum Gasteiger partial charge on any atom is 0.142 e. The monoisotopic (exact) mass is 282 g/mol. The molecule has 0 saturated heterocycles. The SMILES string of the molecule is CCn1c(-c2ccncc2Cl)nc2cc(C#N)ccc21. The number of pyridine rings is 1. The highest BCUT2D eigenvalue weighted by Crippen LogP contribution is 2.29. The average molecular weight is 283 g/mol. The largest absolute Gasteiger partial charge is 0.324 e. The number of nitrogens with zero attached hydrogens (tertiary/aromatic N) is 4. The Morgan fingerprint density at radius 3 is 2.90 bits per heavy atom. The van der Waals surface area contributed by atoms with Gasteiger partial charge in [0.05, 0.1) is 27.7 Å². The minimum Gasteiger partial charge on any atom is -0.324 e. The Kier molecular flexibility index (Phi) is 3.13. The summed E-state index contributed by atoms with van der Waals surface area (Å²) >= 11 is 6.21. The van der Waals surface area contributed by atoms with Crippen LogP contribution in [0.2, 0.25) is 5.02 Å². The molecule has 0 unspecified atom stereocenters. The number of benzene rings is 1. The van der Waals surface area contributed by atoms with Crippen LogP contribution in [-0.2, 0) is 6.54 Å². The van der Waals surface area contributed by atoms with E-state index in [4.69, 9.17) is 16.9 Å². The van der Waals surface area contributed by atoms with Gasteiger partial charge < -0.3 is 4.57 Å². The molecule has 0 saturated carbocycles. The maximum atomic E-state index is 8.98. The Hall–Kier alpha value is -2.38. The highest BCUT2D eigenvalue weighted by molar-refractivity contribution is 6.33. The summed E-state index contributed by atoms with van der Waals surface area (Å²) in [6, 6.07) is 9.49.